The van der Waals surface area contributed by atoms with Crippen LogP contribution in [-0.2, 0) is 12.0 Å². The van der Waals surface area contributed by atoms with E-state index in [-0.39, 0.29) is 23.5 Å². The number of carbonyl (C=O) groups is 1. The highest BCUT2D eigenvalue weighted by Crippen LogP contribution is 2.47. The third-order valence-electron chi connectivity index (χ3n) is 4.53. The fourth-order valence-electron chi connectivity index (χ4n) is 2.88. The van der Waals surface area contributed by atoms with E-state index >= 15 is 0 Å². The third kappa shape index (κ3) is 4.22. The summed E-state index contributed by atoms with van der Waals surface area (Å²) in [5, 5.41) is 6.50. The van der Waals surface area contributed by atoms with Crippen LogP contribution in [0.5, 0.6) is 0 Å². The number of rotatable bonds is 7. The monoisotopic (exact) mass is 358 g/mol. The summed E-state index contributed by atoms with van der Waals surface area (Å²) in [4.78, 5) is 15.5. The van der Waals surface area contributed by atoms with Gasteiger partial charge in [-0.25, -0.2) is 9.38 Å². The molecule has 1 amide bonds. The Hall–Kier alpha value is -2.83. The van der Waals surface area contributed by atoms with Crippen molar-refractivity contribution in [2.75, 3.05) is 13.1 Å². The number of hydrogen-bond acceptors (Lipinski definition) is 3. The molecule has 0 unspecified atom stereocenters. The SMILES string of the molecule is CCNC(=NCc1ccc(C(N)=O)o1)NCC1(c2cccc(F)c2)CC1. The van der Waals surface area contributed by atoms with Crippen molar-refractivity contribution >= 4 is 11.9 Å². The number of guanidine groups is 1. The summed E-state index contributed by atoms with van der Waals surface area (Å²) in [6, 6.07) is 10.0. The normalized spacial score (nSPS) is 15.5. The molecule has 1 aliphatic rings. The number of nitrogens with two attached hydrogens (primary N) is 1. The first-order chi connectivity index (χ1) is 12.5. The average molecular weight is 358 g/mol. The van der Waals surface area contributed by atoms with Gasteiger partial charge in [0.25, 0.3) is 5.91 Å². The molecule has 4 N–H and O–H groups in total. The quantitative estimate of drug-likeness (QED) is 0.523. The summed E-state index contributed by atoms with van der Waals surface area (Å²) in [5.41, 5.74) is 6.15. The molecule has 0 atom stereocenters. The summed E-state index contributed by atoms with van der Waals surface area (Å²) in [5.74, 6) is 0.513. The van der Waals surface area contributed by atoms with Gasteiger partial charge in [-0.15, -0.1) is 0 Å². The number of amides is 1. The Kier molecular flexibility index (Phi) is 5.25. The molecule has 7 heteroatoms. The van der Waals surface area contributed by atoms with Gasteiger partial charge in [-0.1, -0.05) is 12.1 Å². The van der Waals surface area contributed by atoms with Gasteiger partial charge in [0.15, 0.2) is 11.7 Å². The van der Waals surface area contributed by atoms with Crippen LogP contribution < -0.4 is 16.4 Å². The van der Waals surface area contributed by atoms with Crippen LogP contribution in [0.1, 0.15) is 41.6 Å². The molecule has 2 aromatic rings. The topological polar surface area (TPSA) is 92.6 Å². The number of nitrogens with one attached hydrogen (secondary N) is 2. The lowest BCUT2D eigenvalue weighted by Crippen LogP contribution is -2.41. The number of nitrogens with zero attached hydrogens (tertiary/aromatic N) is 1. The van der Waals surface area contributed by atoms with Crippen molar-refractivity contribution in [1.82, 2.24) is 10.6 Å². The summed E-state index contributed by atoms with van der Waals surface area (Å²) in [6.07, 6.45) is 2.03. The Morgan fingerprint density at radius 1 is 1.31 bits per heavy atom. The van der Waals surface area contributed by atoms with Gasteiger partial charge >= 0.3 is 0 Å². The Morgan fingerprint density at radius 3 is 2.73 bits per heavy atom. The molecule has 0 radical (unpaired) electrons. The highest BCUT2D eigenvalue weighted by atomic mass is 19.1. The van der Waals surface area contributed by atoms with Gasteiger partial charge in [-0.05, 0) is 49.6 Å². The zero-order valence-electron chi connectivity index (χ0n) is 14.7. The number of aliphatic imine (C=N–C) groups is 1. The molecule has 1 saturated carbocycles. The second-order valence-electron chi connectivity index (χ2n) is 6.47. The minimum atomic E-state index is -0.601. The molecular formula is C19H23FN4O2. The van der Waals surface area contributed by atoms with Gasteiger partial charge in [0.05, 0.1) is 0 Å². The van der Waals surface area contributed by atoms with Gasteiger partial charge < -0.3 is 20.8 Å². The molecule has 0 spiro atoms. The van der Waals surface area contributed by atoms with E-state index in [9.17, 15) is 9.18 Å². The van der Waals surface area contributed by atoms with Gasteiger partial charge in [-0.2, -0.15) is 0 Å². The second kappa shape index (κ2) is 7.59. The number of hydrogen-bond donors (Lipinski definition) is 3. The summed E-state index contributed by atoms with van der Waals surface area (Å²) >= 11 is 0. The molecule has 1 fully saturated rings. The van der Waals surface area contributed by atoms with Crippen molar-refractivity contribution in [3.05, 3.63) is 59.3 Å². The predicted molar refractivity (Wildman–Crippen MR) is 97.4 cm³/mol. The number of primary amides is 1. The Balaban J connectivity index is 1.63. The molecule has 1 aromatic carbocycles. The van der Waals surface area contributed by atoms with Crippen LogP contribution in [0.2, 0.25) is 0 Å². The largest absolute Gasteiger partial charge is 0.454 e. The molecular weight excluding hydrogens is 335 g/mol. The molecule has 3 rings (SSSR count). The van der Waals surface area contributed by atoms with E-state index in [1.807, 2.05) is 13.0 Å². The minimum absolute atomic E-state index is 0.0396. The molecule has 138 valence electrons. The van der Waals surface area contributed by atoms with Crippen LogP contribution in [0, 0.1) is 5.82 Å². The predicted octanol–water partition coefficient (Wildman–Crippen LogP) is 2.30. The molecule has 1 heterocycles. The van der Waals surface area contributed by atoms with E-state index in [4.69, 9.17) is 10.2 Å². The second-order valence-corrected chi connectivity index (χ2v) is 6.47. The summed E-state index contributed by atoms with van der Waals surface area (Å²) < 4.78 is 18.8. The van der Waals surface area contributed by atoms with E-state index in [2.05, 4.69) is 15.6 Å². The highest BCUT2D eigenvalue weighted by molar-refractivity contribution is 5.89. The Bertz CT molecular complexity index is 811. The van der Waals surface area contributed by atoms with Crippen molar-refractivity contribution in [3.63, 3.8) is 0 Å². The Morgan fingerprint density at radius 2 is 2.12 bits per heavy atom. The third-order valence-corrected chi connectivity index (χ3v) is 4.53. The zero-order chi connectivity index (χ0) is 18.6. The zero-order valence-corrected chi connectivity index (χ0v) is 14.7. The van der Waals surface area contributed by atoms with E-state index in [1.54, 1.807) is 18.2 Å². The smallest absolute Gasteiger partial charge is 0.284 e. The first-order valence-corrected chi connectivity index (χ1v) is 8.69. The minimum Gasteiger partial charge on any atom is -0.454 e. The lowest BCUT2D eigenvalue weighted by Gasteiger charge is -2.19. The average Bonchev–Trinajstić information content (AvgIpc) is 3.26. The molecule has 1 aromatic heterocycles. The van der Waals surface area contributed by atoms with Crippen molar-refractivity contribution in [2.24, 2.45) is 10.7 Å². The lowest BCUT2D eigenvalue weighted by molar-refractivity contribution is 0.0972. The van der Waals surface area contributed by atoms with Crippen molar-refractivity contribution in [3.8, 4) is 0 Å². The van der Waals surface area contributed by atoms with E-state index in [1.165, 1.54) is 12.1 Å². The summed E-state index contributed by atoms with van der Waals surface area (Å²) in [6.45, 7) is 3.65. The molecule has 0 saturated heterocycles. The molecule has 26 heavy (non-hydrogen) atoms. The molecule has 6 nitrogen and oxygen atoms in total. The van der Waals surface area contributed by atoms with Crippen LogP contribution in [0.3, 0.4) is 0 Å². The van der Waals surface area contributed by atoms with Crippen LogP contribution >= 0.6 is 0 Å². The number of halogens is 1. The van der Waals surface area contributed by atoms with E-state index in [0.29, 0.717) is 24.8 Å². The Labute approximate surface area is 151 Å². The number of furan rings is 1. The van der Waals surface area contributed by atoms with Crippen molar-refractivity contribution in [1.29, 1.82) is 0 Å². The maximum absolute atomic E-state index is 13.5. The van der Waals surface area contributed by atoms with Crippen molar-refractivity contribution < 1.29 is 13.6 Å². The number of carbonyl (C=O) groups excluding carboxylic acids is 1. The van der Waals surface area contributed by atoms with Crippen LogP contribution in [-0.4, -0.2) is 25.0 Å². The summed E-state index contributed by atoms with van der Waals surface area (Å²) in [7, 11) is 0. The maximum Gasteiger partial charge on any atom is 0.284 e. The molecule has 0 aliphatic heterocycles. The first-order valence-electron chi connectivity index (χ1n) is 8.69. The molecule has 0 bridgehead atoms. The standard InChI is InChI=1S/C19H23FN4O2/c1-2-22-18(23-11-15-6-7-16(26-15)17(21)25)24-12-19(8-9-19)13-4-3-5-14(20)10-13/h3-7,10H,2,8-9,11-12H2,1H3,(H2,21,25)(H2,22,23,24). The van der Waals surface area contributed by atoms with E-state index < -0.39 is 5.91 Å². The van der Waals surface area contributed by atoms with Gasteiger partial charge in [0.1, 0.15) is 18.1 Å². The van der Waals surface area contributed by atoms with Crippen LogP contribution in [0.4, 0.5) is 4.39 Å². The van der Waals surface area contributed by atoms with E-state index in [0.717, 1.165) is 18.4 Å². The van der Waals surface area contributed by atoms with Crippen LogP contribution in [0.15, 0.2) is 45.8 Å². The maximum atomic E-state index is 13.5. The fourth-order valence-corrected chi connectivity index (χ4v) is 2.88. The fraction of sp³-hybridized carbons (Fsp3) is 0.368. The van der Waals surface area contributed by atoms with Crippen molar-refractivity contribution in [2.45, 2.75) is 31.7 Å². The first kappa shape index (κ1) is 18.0. The van der Waals surface area contributed by atoms with Gasteiger partial charge in [0.2, 0.25) is 0 Å². The van der Waals surface area contributed by atoms with Gasteiger partial charge in [0, 0.05) is 18.5 Å². The number of benzene rings is 1. The highest BCUT2D eigenvalue weighted by Gasteiger charge is 2.44. The van der Waals surface area contributed by atoms with Crippen LogP contribution in [0.25, 0.3) is 0 Å². The van der Waals surface area contributed by atoms with Gasteiger partial charge in [-0.3, -0.25) is 4.79 Å². The lowest BCUT2D eigenvalue weighted by atomic mass is 9.96. The molecule has 1 aliphatic carbocycles.